The SMILES string of the molecule is COc1cc(F)c(C(C)C)cc1-c1cc(F)cc(C(CC(=O)O)c2nnc(C)o2)c1. The van der Waals surface area contributed by atoms with E-state index in [9.17, 15) is 18.7 Å². The van der Waals surface area contributed by atoms with Crippen LogP contribution in [0.1, 0.15) is 55.0 Å². The van der Waals surface area contributed by atoms with Crippen LogP contribution in [0.3, 0.4) is 0 Å². The van der Waals surface area contributed by atoms with E-state index in [-0.39, 0.29) is 29.9 Å². The highest BCUT2D eigenvalue weighted by atomic mass is 19.1. The third-order valence-electron chi connectivity index (χ3n) is 4.79. The Balaban J connectivity index is 2.17. The lowest BCUT2D eigenvalue weighted by Crippen LogP contribution is -2.09. The minimum Gasteiger partial charge on any atom is -0.496 e. The molecule has 0 saturated carbocycles. The molecule has 6 nitrogen and oxygen atoms in total. The van der Waals surface area contributed by atoms with Gasteiger partial charge >= 0.3 is 5.97 Å². The molecule has 1 heterocycles. The highest BCUT2D eigenvalue weighted by Gasteiger charge is 2.25. The first-order chi connectivity index (χ1) is 14.2. The maximum Gasteiger partial charge on any atom is 0.304 e. The quantitative estimate of drug-likeness (QED) is 0.579. The van der Waals surface area contributed by atoms with Crippen molar-refractivity contribution in [3.63, 3.8) is 0 Å². The predicted molar refractivity (Wildman–Crippen MR) is 106 cm³/mol. The molecule has 0 spiro atoms. The third-order valence-corrected chi connectivity index (χ3v) is 4.79. The number of aryl methyl sites for hydroxylation is 1. The van der Waals surface area contributed by atoms with Crippen LogP contribution >= 0.6 is 0 Å². The number of rotatable bonds is 7. The van der Waals surface area contributed by atoms with Crippen LogP contribution in [-0.4, -0.2) is 28.4 Å². The van der Waals surface area contributed by atoms with Crippen molar-refractivity contribution in [2.45, 2.75) is 39.0 Å². The van der Waals surface area contributed by atoms with Crippen LogP contribution in [-0.2, 0) is 4.79 Å². The summed E-state index contributed by atoms with van der Waals surface area (Å²) >= 11 is 0. The fourth-order valence-corrected chi connectivity index (χ4v) is 3.35. The highest BCUT2D eigenvalue weighted by Crippen LogP contribution is 2.37. The smallest absolute Gasteiger partial charge is 0.304 e. The van der Waals surface area contributed by atoms with E-state index in [4.69, 9.17) is 9.15 Å². The van der Waals surface area contributed by atoms with E-state index in [0.717, 1.165) is 0 Å². The maximum absolute atomic E-state index is 14.6. The van der Waals surface area contributed by atoms with Gasteiger partial charge in [0.1, 0.15) is 17.4 Å². The van der Waals surface area contributed by atoms with Crippen LogP contribution in [0.4, 0.5) is 8.78 Å². The molecule has 0 radical (unpaired) electrons. The lowest BCUT2D eigenvalue weighted by Gasteiger charge is -2.17. The molecular weight excluding hydrogens is 394 g/mol. The second kappa shape index (κ2) is 8.61. The number of carbonyl (C=O) groups is 1. The average molecular weight is 416 g/mol. The molecule has 2 aromatic carbocycles. The van der Waals surface area contributed by atoms with E-state index in [1.54, 1.807) is 19.1 Å². The summed E-state index contributed by atoms with van der Waals surface area (Å²) in [6.07, 6.45) is -0.359. The minimum absolute atomic E-state index is 0.0837. The molecule has 0 saturated heterocycles. The Morgan fingerprint density at radius 1 is 1.17 bits per heavy atom. The molecule has 1 atom stereocenters. The van der Waals surface area contributed by atoms with Gasteiger partial charge in [-0.15, -0.1) is 10.2 Å². The Morgan fingerprint density at radius 2 is 1.90 bits per heavy atom. The van der Waals surface area contributed by atoms with Crippen molar-refractivity contribution >= 4 is 5.97 Å². The van der Waals surface area contributed by atoms with E-state index in [2.05, 4.69) is 10.2 Å². The number of aliphatic carboxylic acids is 1. The Hall–Kier alpha value is -3.29. The van der Waals surface area contributed by atoms with Crippen molar-refractivity contribution in [3.8, 4) is 16.9 Å². The molecule has 3 aromatic rings. The Morgan fingerprint density at radius 3 is 2.47 bits per heavy atom. The lowest BCUT2D eigenvalue weighted by molar-refractivity contribution is -0.137. The molecule has 1 N–H and O–H groups in total. The summed E-state index contributed by atoms with van der Waals surface area (Å²) in [6.45, 7) is 5.29. The fourth-order valence-electron chi connectivity index (χ4n) is 3.35. The molecule has 30 heavy (non-hydrogen) atoms. The predicted octanol–water partition coefficient (Wildman–Crippen LogP) is 5.06. The molecule has 0 aliphatic heterocycles. The average Bonchev–Trinajstić information content (AvgIpc) is 3.10. The van der Waals surface area contributed by atoms with Gasteiger partial charge in [-0.25, -0.2) is 8.78 Å². The van der Waals surface area contributed by atoms with Gasteiger partial charge in [0.25, 0.3) is 0 Å². The summed E-state index contributed by atoms with van der Waals surface area (Å²) in [5.41, 5.74) is 1.74. The second-order valence-electron chi connectivity index (χ2n) is 7.31. The van der Waals surface area contributed by atoms with Gasteiger partial charge in [-0.2, -0.15) is 0 Å². The van der Waals surface area contributed by atoms with Gasteiger partial charge in [0, 0.05) is 18.6 Å². The summed E-state index contributed by atoms with van der Waals surface area (Å²) < 4.78 is 39.7. The van der Waals surface area contributed by atoms with E-state index < -0.39 is 23.5 Å². The van der Waals surface area contributed by atoms with Crippen LogP contribution in [0.2, 0.25) is 0 Å². The van der Waals surface area contributed by atoms with Crippen molar-refractivity contribution in [2.24, 2.45) is 0 Å². The van der Waals surface area contributed by atoms with Gasteiger partial charge < -0.3 is 14.3 Å². The van der Waals surface area contributed by atoms with E-state index in [0.29, 0.717) is 22.3 Å². The summed E-state index contributed by atoms with van der Waals surface area (Å²) in [5, 5.41) is 17.0. The molecule has 0 aliphatic rings. The number of carboxylic acid groups (broad SMARTS) is 1. The molecule has 1 aromatic heterocycles. The Labute approximate surface area is 172 Å². The molecule has 0 amide bonds. The van der Waals surface area contributed by atoms with Gasteiger partial charge in [0.15, 0.2) is 0 Å². The zero-order chi connectivity index (χ0) is 22.0. The fraction of sp³-hybridized carbons (Fsp3) is 0.318. The van der Waals surface area contributed by atoms with Crippen LogP contribution < -0.4 is 4.74 Å². The normalized spacial score (nSPS) is 12.2. The van der Waals surface area contributed by atoms with Crippen LogP contribution in [0, 0.1) is 18.6 Å². The van der Waals surface area contributed by atoms with Crippen LogP contribution in [0.5, 0.6) is 5.75 Å². The first-order valence-corrected chi connectivity index (χ1v) is 9.39. The maximum atomic E-state index is 14.6. The number of methoxy groups -OCH3 is 1. The van der Waals surface area contributed by atoms with Crippen molar-refractivity contribution in [2.75, 3.05) is 7.11 Å². The van der Waals surface area contributed by atoms with Crippen molar-refractivity contribution < 1.29 is 27.8 Å². The Kier molecular flexibility index (Phi) is 6.14. The molecule has 0 aliphatic carbocycles. The first-order valence-electron chi connectivity index (χ1n) is 9.39. The van der Waals surface area contributed by atoms with Crippen molar-refractivity contribution in [3.05, 3.63) is 64.9 Å². The number of aromatic nitrogens is 2. The lowest BCUT2D eigenvalue weighted by atomic mass is 9.90. The first kappa shape index (κ1) is 21.4. The van der Waals surface area contributed by atoms with E-state index in [1.165, 1.54) is 25.3 Å². The topological polar surface area (TPSA) is 85.5 Å². The summed E-state index contributed by atoms with van der Waals surface area (Å²) in [7, 11) is 1.40. The van der Waals surface area contributed by atoms with Crippen LogP contribution in [0.25, 0.3) is 11.1 Å². The molecular formula is C22H22F2N2O4. The van der Waals surface area contributed by atoms with Gasteiger partial charge in [-0.05, 0) is 46.9 Å². The number of hydrogen-bond acceptors (Lipinski definition) is 5. The van der Waals surface area contributed by atoms with Gasteiger partial charge in [0.05, 0.1) is 19.4 Å². The van der Waals surface area contributed by atoms with E-state index >= 15 is 0 Å². The molecule has 3 rings (SSSR count). The Bertz CT molecular complexity index is 1080. The molecule has 0 fully saturated rings. The number of nitrogens with zero attached hydrogens (tertiary/aromatic N) is 2. The number of hydrogen-bond donors (Lipinski definition) is 1. The summed E-state index contributed by atoms with van der Waals surface area (Å²) in [5.74, 6) is -2.41. The highest BCUT2D eigenvalue weighted by molar-refractivity contribution is 5.73. The van der Waals surface area contributed by atoms with Crippen LogP contribution in [0.15, 0.2) is 34.7 Å². The monoisotopic (exact) mass is 416 g/mol. The largest absolute Gasteiger partial charge is 0.496 e. The summed E-state index contributed by atoms with van der Waals surface area (Å²) in [6, 6.07) is 7.05. The molecule has 158 valence electrons. The minimum atomic E-state index is -1.09. The number of ether oxygens (including phenoxy) is 1. The zero-order valence-corrected chi connectivity index (χ0v) is 17.1. The van der Waals surface area contributed by atoms with Gasteiger partial charge in [0.2, 0.25) is 11.8 Å². The third kappa shape index (κ3) is 4.48. The van der Waals surface area contributed by atoms with Crippen molar-refractivity contribution in [1.29, 1.82) is 0 Å². The zero-order valence-electron chi connectivity index (χ0n) is 17.1. The van der Waals surface area contributed by atoms with Crippen molar-refractivity contribution in [1.82, 2.24) is 10.2 Å². The van der Waals surface area contributed by atoms with Gasteiger partial charge in [-0.1, -0.05) is 13.8 Å². The number of halogens is 2. The molecule has 0 bridgehead atoms. The summed E-state index contributed by atoms with van der Waals surface area (Å²) in [4.78, 5) is 11.4. The standard InChI is InChI=1S/C22H22F2N2O4/c1-11(2)16-8-17(20(29-4)10-19(16)24)13-5-14(7-15(23)6-13)18(9-21(27)28)22-26-25-12(3)30-22/h5-8,10-11,18H,9H2,1-4H3,(H,27,28). The number of benzene rings is 2. The second-order valence-corrected chi connectivity index (χ2v) is 7.31. The molecule has 8 heteroatoms. The number of carboxylic acids is 1. The van der Waals surface area contributed by atoms with Gasteiger partial charge in [-0.3, -0.25) is 4.79 Å². The molecule has 1 unspecified atom stereocenters. The van der Waals surface area contributed by atoms with E-state index in [1.807, 2.05) is 13.8 Å².